The van der Waals surface area contributed by atoms with Gasteiger partial charge in [0, 0.05) is 30.3 Å². The van der Waals surface area contributed by atoms with Crippen LogP contribution in [0.5, 0.6) is 5.75 Å². The summed E-state index contributed by atoms with van der Waals surface area (Å²) in [7, 11) is 1.22. The minimum atomic E-state index is -1.47. The van der Waals surface area contributed by atoms with Crippen LogP contribution in [0.15, 0.2) is 103 Å². The van der Waals surface area contributed by atoms with Crippen LogP contribution in [0, 0.1) is 5.92 Å². The fourth-order valence-corrected chi connectivity index (χ4v) is 9.14. The van der Waals surface area contributed by atoms with Gasteiger partial charge in [-0.15, -0.1) is 0 Å². The van der Waals surface area contributed by atoms with Gasteiger partial charge in [0.2, 0.25) is 23.6 Å². The van der Waals surface area contributed by atoms with Gasteiger partial charge in [-0.1, -0.05) is 92.7 Å². The second-order valence-corrected chi connectivity index (χ2v) is 23.3. The zero-order valence-corrected chi connectivity index (χ0v) is 47.7. The van der Waals surface area contributed by atoms with E-state index in [1.807, 2.05) is 83.1 Å². The second kappa shape index (κ2) is 25.8. The van der Waals surface area contributed by atoms with Crippen molar-refractivity contribution in [3.63, 3.8) is 0 Å². The van der Waals surface area contributed by atoms with Crippen LogP contribution in [-0.4, -0.2) is 114 Å². The third-order valence-electron chi connectivity index (χ3n) is 12.8. The third-order valence-corrected chi connectivity index (χ3v) is 12.8. The number of fused-ring (bicyclic) bond motifs is 4. The van der Waals surface area contributed by atoms with Gasteiger partial charge < -0.3 is 50.3 Å². The van der Waals surface area contributed by atoms with Crippen molar-refractivity contribution in [2.24, 2.45) is 5.92 Å². The molecule has 0 bridgehead atoms. The van der Waals surface area contributed by atoms with E-state index in [0.29, 0.717) is 27.8 Å². The maximum atomic E-state index is 15.0. The van der Waals surface area contributed by atoms with Crippen LogP contribution < -0.4 is 31.3 Å². The number of hydrogen-bond acceptors (Lipinski definition) is 12. The molecular weight excluding hydrogens is 1010 g/mol. The average Bonchev–Trinajstić information content (AvgIpc) is 4.03. The Morgan fingerprint density at radius 3 is 1.71 bits per heavy atom. The minimum absolute atomic E-state index is 0.0230. The number of benzene rings is 4. The summed E-state index contributed by atoms with van der Waals surface area (Å²) >= 11 is 0. The molecule has 18 nitrogen and oxygen atoms in total. The van der Waals surface area contributed by atoms with Crippen molar-refractivity contribution >= 4 is 52.7 Å². The molecule has 5 atom stereocenters. The lowest BCUT2D eigenvalue weighted by molar-refractivity contribution is -0.145. The largest absolute Gasteiger partial charge is 0.488 e. The lowest BCUT2D eigenvalue weighted by Crippen LogP contribution is -2.60. The summed E-state index contributed by atoms with van der Waals surface area (Å²) < 4.78 is 30.1. The van der Waals surface area contributed by atoms with Crippen molar-refractivity contribution in [3.05, 3.63) is 126 Å². The minimum Gasteiger partial charge on any atom is -0.488 e. The second-order valence-electron chi connectivity index (χ2n) is 23.3. The van der Waals surface area contributed by atoms with E-state index in [0.717, 1.165) is 22.3 Å². The molecule has 1 aliphatic rings. The first-order valence-electron chi connectivity index (χ1n) is 26.7. The van der Waals surface area contributed by atoms with E-state index in [1.54, 1.807) is 96.3 Å². The SMILES string of the molecule is COC(=O)[C@H](CC(C)C)NC(=O)[C@@H](C)NC(=O)[C@H](Cc1ccc(OC(C)(C)C)cc1)NC(=O)[C@H](COC(C)(C)C)NC(=O)[C@H](Cc1cn(C(=O)OC(C)(C)C)c2ccccc12)NC(=O)OCC1c2ccccc2-c2ccccc21. The van der Waals surface area contributed by atoms with Crippen LogP contribution in [0.1, 0.15) is 118 Å². The van der Waals surface area contributed by atoms with Gasteiger partial charge in [0.1, 0.15) is 53.8 Å². The summed E-state index contributed by atoms with van der Waals surface area (Å²) in [6.45, 7) is 21.1. The molecular formula is C61H78N6O12. The van der Waals surface area contributed by atoms with Gasteiger partial charge in [0.15, 0.2) is 0 Å². The molecule has 1 aromatic heterocycles. The number of nitrogens with one attached hydrogen (secondary N) is 5. The Kier molecular flexibility index (Phi) is 19.8. The molecule has 424 valence electrons. The number of nitrogens with zero attached hydrogens (tertiary/aromatic N) is 1. The van der Waals surface area contributed by atoms with Crippen molar-refractivity contribution in [2.45, 2.75) is 155 Å². The molecule has 6 rings (SSSR count). The summed E-state index contributed by atoms with van der Waals surface area (Å²) in [4.78, 5) is 98.0. The van der Waals surface area contributed by atoms with E-state index in [1.165, 1.54) is 18.6 Å². The Morgan fingerprint density at radius 2 is 1.13 bits per heavy atom. The van der Waals surface area contributed by atoms with Crippen LogP contribution in [0.25, 0.3) is 22.0 Å². The Labute approximate surface area is 463 Å². The molecule has 0 saturated heterocycles. The van der Waals surface area contributed by atoms with Gasteiger partial charge >= 0.3 is 18.2 Å². The predicted octanol–water partition coefficient (Wildman–Crippen LogP) is 8.29. The number of amides is 5. The van der Waals surface area contributed by atoms with E-state index < -0.39 is 88.8 Å². The molecule has 79 heavy (non-hydrogen) atoms. The Hall–Kier alpha value is -7.73. The first-order chi connectivity index (χ1) is 37.1. The molecule has 0 saturated carbocycles. The Balaban J connectivity index is 1.31. The lowest BCUT2D eigenvalue weighted by atomic mass is 9.98. The molecule has 18 heteroatoms. The van der Waals surface area contributed by atoms with Crippen LogP contribution in [0.2, 0.25) is 0 Å². The number of carbonyl (C=O) groups is 7. The number of esters is 1. The molecule has 0 radical (unpaired) electrons. The summed E-state index contributed by atoms with van der Waals surface area (Å²) in [6.07, 6.45) is 0.00523. The highest BCUT2D eigenvalue weighted by atomic mass is 16.6. The summed E-state index contributed by atoms with van der Waals surface area (Å²) in [5.41, 5.74) is 3.49. The monoisotopic (exact) mass is 1090 g/mol. The van der Waals surface area contributed by atoms with E-state index in [2.05, 4.69) is 26.6 Å². The number of rotatable bonds is 21. The van der Waals surface area contributed by atoms with Crippen molar-refractivity contribution < 1.29 is 57.2 Å². The fraction of sp³-hybridized carbons (Fsp3) is 0.459. The van der Waals surface area contributed by atoms with Crippen molar-refractivity contribution in [3.8, 4) is 16.9 Å². The van der Waals surface area contributed by atoms with Crippen molar-refractivity contribution in [1.29, 1.82) is 0 Å². The number of ether oxygens (including phenoxy) is 5. The quantitative estimate of drug-likeness (QED) is 0.0345. The molecule has 5 N–H and O–H groups in total. The molecule has 0 aliphatic heterocycles. The molecule has 4 aromatic carbocycles. The Morgan fingerprint density at radius 1 is 0.582 bits per heavy atom. The third kappa shape index (κ3) is 17.1. The van der Waals surface area contributed by atoms with Crippen molar-refractivity contribution in [2.75, 3.05) is 20.3 Å². The molecule has 5 amide bonds. The highest BCUT2D eigenvalue weighted by Crippen LogP contribution is 2.44. The number of carbonyl (C=O) groups excluding carboxylic acids is 7. The number of aromatic nitrogens is 1. The number of para-hydroxylation sites is 1. The van der Waals surface area contributed by atoms with E-state index in [9.17, 15) is 33.6 Å². The normalized spacial score (nSPS) is 14.4. The topological polar surface area (TPSA) is 231 Å². The van der Waals surface area contributed by atoms with Crippen molar-refractivity contribution in [1.82, 2.24) is 31.2 Å². The highest BCUT2D eigenvalue weighted by Gasteiger charge is 2.35. The summed E-state index contributed by atoms with van der Waals surface area (Å²) in [5, 5.41) is 14.3. The van der Waals surface area contributed by atoms with Gasteiger partial charge in [-0.2, -0.15) is 0 Å². The summed E-state index contributed by atoms with van der Waals surface area (Å²) in [5.74, 6) is -3.39. The van der Waals surface area contributed by atoms with Gasteiger partial charge in [-0.3, -0.25) is 23.7 Å². The number of alkyl carbamates (subject to hydrolysis) is 1. The molecule has 0 spiro atoms. The Bertz CT molecular complexity index is 2940. The van der Waals surface area contributed by atoms with Crippen LogP contribution >= 0.6 is 0 Å². The van der Waals surface area contributed by atoms with Gasteiger partial charge in [-0.05, 0) is 133 Å². The first-order valence-corrected chi connectivity index (χ1v) is 26.7. The van der Waals surface area contributed by atoms with Gasteiger partial charge in [0.05, 0.1) is 24.8 Å². The summed E-state index contributed by atoms with van der Waals surface area (Å²) in [6, 6.07) is 23.4. The standard InChI is InChI=1S/C61H78N6O12/c1-36(2)30-49(56(72)75-13)64-52(68)37(3)62-53(69)47(31-38-26-28-40(29-27-38)78-60(7,8)9)63-55(71)50(35-77-59(4,5)6)65-54(70)48(32-39-33-67(58(74)79-61(10,11)12)51-25-19-18-20-41(39)51)66-57(73)76-34-46-44-23-16-14-21-42(44)43-22-15-17-24-45(43)46/h14-29,33,36-37,46-50H,30-32,34-35H2,1-13H3,(H,62,69)(H,63,71)(H,64,68)(H,65,70)(H,66,73)/t37-,47+,48+,49+,50+/m1/s1. The molecule has 0 fully saturated rings. The first kappa shape index (κ1) is 60.5. The highest BCUT2D eigenvalue weighted by molar-refractivity contribution is 5.97. The number of methoxy groups -OCH3 is 1. The average molecular weight is 1090 g/mol. The smallest absolute Gasteiger partial charge is 0.419 e. The maximum absolute atomic E-state index is 15.0. The fourth-order valence-electron chi connectivity index (χ4n) is 9.14. The molecule has 1 aliphatic carbocycles. The lowest BCUT2D eigenvalue weighted by Gasteiger charge is -2.28. The zero-order chi connectivity index (χ0) is 58.0. The van der Waals surface area contributed by atoms with Gasteiger partial charge in [0.25, 0.3) is 0 Å². The van der Waals surface area contributed by atoms with Crippen LogP contribution in [-0.2, 0) is 55.8 Å². The number of hydrogen-bond donors (Lipinski definition) is 5. The van der Waals surface area contributed by atoms with E-state index in [-0.39, 0.29) is 44.3 Å². The molecule has 1 heterocycles. The van der Waals surface area contributed by atoms with E-state index >= 15 is 0 Å². The maximum Gasteiger partial charge on any atom is 0.419 e. The molecule has 0 unspecified atom stereocenters. The predicted molar refractivity (Wildman–Crippen MR) is 300 cm³/mol. The van der Waals surface area contributed by atoms with Crippen LogP contribution in [0.3, 0.4) is 0 Å². The zero-order valence-electron chi connectivity index (χ0n) is 47.7. The molecule has 5 aromatic rings. The van der Waals surface area contributed by atoms with Gasteiger partial charge in [-0.25, -0.2) is 14.4 Å². The van der Waals surface area contributed by atoms with E-state index in [4.69, 9.17) is 23.7 Å². The van der Waals surface area contributed by atoms with Crippen LogP contribution in [0.4, 0.5) is 9.59 Å².